The van der Waals surface area contributed by atoms with E-state index in [9.17, 15) is 9.59 Å². The molecule has 0 aliphatic heterocycles. The van der Waals surface area contributed by atoms with Crippen LogP contribution in [0.2, 0.25) is 5.02 Å². The number of carbonyl (C=O) groups excluding carboxylic acids is 1. The molecule has 3 rings (SSSR count). The molecule has 1 N–H and O–H groups in total. The first-order chi connectivity index (χ1) is 10.6. The van der Waals surface area contributed by atoms with Gasteiger partial charge in [0.15, 0.2) is 5.43 Å². The van der Waals surface area contributed by atoms with Crippen molar-refractivity contribution in [2.24, 2.45) is 0 Å². The molecule has 1 aromatic heterocycles. The highest BCUT2D eigenvalue weighted by atomic mass is 35.5. The summed E-state index contributed by atoms with van der Waals surface area (Å²) < 4.78 is 5.21. The van der Waals surface area contributed by atoms with Crippen LogP contribution in [-0.4, -0.2) is 11.0 Å². The number of nitrogens with one attached hydrogen (secondary N) is 1. The minimum Gasteiger partial charge on any atom is -0.456 e. The predicted molar refractivity (Wildman–Crippen MR) is 85.1 cm³/mol. The second-order valence-electron chi connectivity index (χ2n) is 4.80. The van der Waals surface area contributed by atoms with Gasteiger partial charge in [0.2, 0.25) is 0 Å². The van der Waals surface area contributed by atoms with Crippen LogP contribution < -0.4 is 5.43 Å². The van der Waals surface area contributed by atoms with Crippen LogP contribution in [0.1, 0.15) is 16.1 Å². The van der Waals surface area contributed by atoms with Crippen molar-refractivity contribution in [3.8, 4) is 0 Å². The quantitative estimate of drug-likeness (QED) is 0.752. The fourth-order valence-corrected chi connectivity index (χ4v) is 2.24. The molecule has 0 saturated heterocycles. The van der Waals surface area contributed by atoms with Crippen LogP contribution in [0.25, 0.3) is 10.9 Å². The number of hydrogen-bond donors (Lipinski definition) is 1. The van der Waals surface area contributed by atoms with Crippen molar-refractivity contribution in [2.75, 3.05) is 0 Å². The van der Waals surface area contributed by atoms with Crippen LogP contribution >= 0.6 is 11.6 Å². The van der Waals surface area contributed by atoms with Crippen molar-refractivity contribution >= 4 is 28.5 Å². The van der Waals surface area contributed by atoms with E-state index in [0.717, 1.165) is 5.56 Å². The van der Waals surface area contributed by atoms with Crippen LogP contribution in [0.3, 0.4) is 0 Å². The summed E-state index contributed by atoms with van der Waals surface area (Å²) in [5.74, 6) is -0.571. The Morgan fingerprint density at radius 2 is 1.82 bits per heavy atom. The van der Waals surface area contributed by atoms with Crippen LogP contribution in [0.15, 0.2) is 59.4 Å². The summed E-state index contributed by atoms with van der Waals surface area (Å²) in [4.78, 5) is 27.0. The number of aromatic amines is 1. The number of fused-ring (bicyclic) bond motifs is 1. The van der Waals surface area contributed by atoms with E-state index in [-0.39, 0.29) is 17.7 Å². The Morgan fingerprint density at radius 1 is 1.09 bits per heavy atom. The molecule has 0 spiro atoms. The maximum absolute atomic E-state index is 12.1. The molecule has 0 atom stereocenters. The molecule has 4 nitrogen and oxygen atoms in total. The molecule has 22 heavy (non-hydrogen) atoms. The number of rotatable bonds is 3. The first-order valence-electron chi connectivity index (χ1n) is 6.67. The highest BCUT2D eigenvalue weighted by Crippen LogP contribution is 2.12. The number of benzene rings is 2. The van der Waals surface area contributed by atoms with Gasteiger partial charge < -0.3 is 9.72 Å². The van der Waals surface area contributed by atoms with Gasteiger partial charge in [-0.05, 0) is 29.8 Å². The number of H-pyrrole nitrogens is 1. The molecule has 0 bridgehead atoms. The fraction of sp³-hybridized carbons (Fsp3) is 0.0588. The number of halogens is 1. The zero-order valence-electron chi connectivity index (χ0n) is 11.5. The lowest BCUT2D eigenvalue weighted by Gasteiger charge is -2.06. The number of pyridine rings is 1. The van der Waals surface area contributed by atoms with Gasteiger partial charge in [-0.3, -0.25) is 4.79 Å². The zero-order chi connectivity index (χ0) is 15.5. The topological polar surface area (TPSA) is 59.2 Å². The fourth-order valence-electron chi connectivity index (χ4n) is 2.11. The largest absolute Gasteiger partial charge is 0.456 e. The summed E-state index contributed by atoms with van der Waals surface area (Å²) in [6.45, 7) is 0.116. The summed E-state index contributed by atoms with van der Waals surface area (Å²) in [6, 6.07) is 15.3. The molecular formula is C17H12ClNO3. The first-order valence-corrected chi connectivity index (χ1v) is 7.05. The maximum atomic E-state index is 12.1. The minimum atomic E-state index is -0.571. The average molecular weight is 314 g/mol. The second kappa shape index (κ2) is 6.03. The van der Waals surface area contributed by atoms with Gasteiger partial charge in [0, 0.05) is 22.0 Å². The second-order valence-corrected chi connectivity index (χ2v) is 5.23. The van der Waals surface area contributed by atoms with Crippen molar-refractivity contribution in [1.29, 1.82) is 0 Å². The van der Waals surface area contributed by atoms with E-state index in [2.05, 4.69) is 4.98 Å². The summed E-state index contributed by atoms with van der Waals surface area (Å²) in [7, 11) is 0. The summed E-state index contributed by atoms with van der Waals surface area (Å²) in [5, 5.41) is 1.16. The molecule has 5 heteroatoms. The lowest BCUT2D eigenvalue weighted by Crippen LogP contribution is -2.12. The van der Waals surface area contributed by atoms with Crippen LogP contribution in [-0.2, 0) is 11.3 Å². The van der Waals surface area contributed by atoms with Gasteiger partial charge in [-0.1, -0.05) is 35.9 Å². The van der Waals surface area contributed by atoms with Crippen molar-refractivity contribution in [2.45, 2.75) is 6.61 Å². The standard InChI is InChI=1S/C17H12ClNO3/c18-12-7-5-11(6-8-12)10-22-17(21)15-9-16(20)13-3-1-2-4-14(13)19-15/h1-9H,10H2,(H,19,20). The van der Waals surface area contributed by atoms with E-state index in [4.69, 9.17) is 16.3 Å². The molecule has 0 radical (unpaired) electrons. The Kier molecular flexibility index (Phi) is 3.94. The molecule has 2 aromatic carbocycles. The van der Waals surface area contributed by atoms with Crippen LogP contribution in [0, 0.1) is 0 Å². The number of hydrogen-bond acceptors (Lipinski definition) is 3. The number of carbonyl (C=O) groups is 1. The highest BCUT2D eigenvalue weighted by molar-refractivity contribution is 6.30. The maximum Gasteiger partial charge on any atom is 0.355 e. The van der Waals surface area contributed by atoms with E-state index in [1.54, 1.807) is 48.5 Å². The Bertz CT molecular complexity index is 884. The predicted octanol–water partition coefficient (Wildman–Crippen LogP) is 3.54. The van der Waals surface area contributed by atoms with Gasteiger partial charge in [0.25, 0.3) is 0 Å². The lowest BCUT2D eigenvalue weighted by atomic mass is 10.2. The Balaban J connectivity index is 1.80. The van der Waals surface area contributed by atoms with Crippen molar-refractivity contribution in [3.05, 3.63) is 81.1 Å². The lowest BCUT2D eigenvalue weighted by molar-refractivity contribution is 0.0466. The average Bonchev–Trinajstić information content (AvgIpc) is 2.54. The minimum absolute atomic E-state index is 0.116. The molecule has 0 fully saturated rings. The Morgan fingerprint density at radius 3 is 2.59 bits per heavy atom. The first kappa shape index (κ1) is 14.4. The molecule has 0 saturated carbocycles. The van der Waals surface area contributed by atoms with Gasteiger partial charge in [-0.25, -0.2) is 4.79 Å². The monoisotopic (exact) mass is 313 g/mol. The van der Waals surface area contributed by atoms with Crippen molar-refractivity contribution in [3.63, 3.8) is 0 Å². The summed E-state index contributed by atoms with van der Waals surface area (Å²) >= 11 is 5.80. The van der Waals surface area contributed by atoms with E-state index in [1.165, 1.54) is 6.07 Å². The highest BCUT2D eigenvalue weighted by Gasteiger charge is 2.11. The molecule has 110 valence electrons. The van der Waals surface area contributed by atoms with Crippen LogP contribution in [0.5, 0.6) is 0 Å². The van der Waals surface area contributed by atoms with Crippen molar-refractivity contribution < 1.29 is 9.53 Å². The summed E-state index contributed by atoms with van der Waals surface area (Å²) in [5.41, 5.74) is 1.35. The van der Waals surface area contributed by atoms with Gasteiger partial charge in [0.1, 0.15) is 12.3 Å². The van der Waals surface area contributed by atoms with Gasteiger partial charge >= 0.3 is 5.97 Å². The van der Waals surface area contributed by atoms with Gasteiger partial charge in [0.05, 0.1) is 0 Å². The number of para-hydroxylation sites is 1. The van der Waals surface area contributed by atoms with E-state index < -0.39 is 5.97 Å². The van der Waals surface area contributed by atoms with E-state index in [0.29, 0.717) is 15.9 Å². The molecule has 3 aromatic rings. The molecule has 0 amide bonds. The van der Waals surface area contributed by atoms with Crippen LogP contribution in [0.4, 0.5) is 0 Å². The third-order valence-corrected chi connectivity index (χ3v) is 3.49. The Hall–Kier alpha value is -2.59. The third-order valence-electron chi connectivity index (χ3n) is 3.24. The van der Waals surface area contributed by atoms with Gasteiger partial charge in [-0.2, -0.15) is 0 Å². The molecule has 0 aliphatic carbocycles. The van der Waals surface area contributed by atoms with E-state index in [1.807, 2.05) is 0 Å². The van der Waals surface area contributed by atoms with Gasteiger partial charge in [-0.15, -0.1) is 0 Å². The third kappa shape index (κ3) is 3.02. The smallest absolute Gasteiger partial charge is 0.355 e. The normalized spacial score (nSPS) is 10.6. The molecule has 1 heterocycles. The number of esters is 1. The SMILES string of the molecule is O=C(OCc1ccc(Cl)cc1)c1cc(=O)c2ccccc2[nH]1. The Labute approximate surface area is 131 Å². The number of aromatic nitrogens is 1. The van der Waals surface area contributed by atoms with Crippen molar-refractivity contribution in [1.82, 2.24) is 4.98 Å². The summed E-state index contributed by atoms with van der Waals surface area (Å²) in [6.07, 6.45) is 0. The van der Waals surface area contributed by atoms with E-state index >= 15 is 0 Å². The molecule has 0 aliphatic rings. The number of ether oxygens (including phenoxy) is 1. The molecular weight excluding hydrogens is 302 g/mol. The zero-order valence-corrected chi connectivity index (χ0v) is 12.3. The molecule has 0 unspecified atom stereocenters.